The van der Waals surface area contributed by atoms with Gasteiger partial charge >= 0.3 is 0 Å². The molecule has 1 heterocycles. The van der Waals surface area contributed by atoms with Crippen molar-refractivity contribution in [3.63, 3.8) is 0 Å². The molecule has 19 heavy (non-hydrogen) atoms. The highest BCUT2D eigenvalue weighted by atomic mass is 35.5. The van der Waals surface area contributed by atoms with Crippen molar-refractivity contribution in [3.05, 3.63) is 62.5 Å². The fourth-order valence-electron chi connectivity index (χ4n) is 1.79. The fourth-order valence-corrected chi connectivity index (χ4v) is 2.11. The number of carbonyl (C=O) groups excluding carboxylic acids is 1. The van der Waals surface area contributed by atoms with Crippen molar-refractivity contribution in [1.29, 1.82) is 0 Å². The average Bonchev–Trinajstić information content (AvgIpc) is 2.32. The Morgan fingerprint density at radius 1 is 1.21 bits per heavy atom. The molecule has 0 unspecified atom stereocenters. The maximum Gasteiger partial charge on any atom is 0.257 e. The van der Waals surface area contributed by atoms with Crippen LogP contribution in [0.3, 0.4) is 0 Å². The summed E-state index contributed by atoms with van der Waals surface area (Å²) in [4.78, 5) is 22.8. The van der Waals surface area contributed by atoms with Crippen LogP contribution >= 0.6 is 23.2 Å². The molecule has 2 aromatic rings. The standard InChI is InChI=1S/C14H11Cl2NO2/c1-8-3-4-10(6-12(8)15)17-7-11(14(16)19)13(18)5-9(17)2/h3-7H,1-2H3. The summed E-state index contributed by atoms with van der Waals surface area (Å²) in [6.45, 7) is 3.68. The lowest BCUT2D eigenvalue weighted by Gasteiger charge is -2.12. The van der Waals surface area contributed by atoms with E-state index in [-0.39, 0.29) is 11.0 Å². The van der Waals surface area contributed by atoms with Crippen molar-refractivity contribution in [2.45, 2.75) is 13.8 Å². The van der Waals surface area contributed by atoms with Crippen LogP contribution in [0.15, 0.2) is 35.3 Å². The topological polar surface area (TPSA) is 39.1 Å². The summed E-state index contributed by atoms with van der Waals surface area (Å²) >= 11 is 11.5. The number of nitrogens with zero attached hydrogens (tertiary/aromatic N) is 1. The van der Waals surface area contributed by atoms with Crippen molar-refractivity contribution >= 4 is 28.4 Å². The number of halogens is 2. The zero-order chi connectivity index (χ0) is 14.2. The molecule has 0 aliphatic rings. The lowest BCUT2D eigenvalue weighted by Crippen LogP contribution is -2.16. The van der Waals surface area contributed by atoms with Crippen LogP contribution in [0.5, 0.6) is 0 Å². The van der Waals surface area contributed by atoms with Gasteiger partial charge in [0, 0.05) is 28.7 Å². The second-order valence-corrected chi connectivity index (χ2v) is 5.02. The summed E-state index contributed by atoms with van der Waals surface area (Å²) in [6.07, 6.45) is 1.44. The molecule has 0 radical (unpaired) electrons. The van der Waals surface area contributed by atoms with Crippen LogP contribution in [-0.2, 0) is 0 Å². The van der Waals surface area contributed by atoms with E-state index in [4.69, 9.17) is 23.2 Å². The Hall–Kier alpha value is -1.58. The van der Waals surface area contributed by atoms with Gasteiger partial charge in [0.15, 0.2) is 5.43 Å². The smallest absolute Gasteiger partial charge is 0.257 e. The fraction of sp³-hybridized carbons (Fsp3) is 0.143. The Labute approximate surface area is 120 Å². The van der Waals surface area contributed by atoms with Crippen LogP contribution in [0.4, 0.5) is 0 Å². The molecule has 98 valence electrons. The molecule has 0 atom stereocenters. The van der Waals surface area contributed by atoms with Crippen LogP contribution < -0.4 is 5.43 Å². The predicted octanol–water partition coefficient (Wildman–Crippen LogP) is 3.49. The molecule has 0 fully saturated rings. The molecule has 3 nitrogen and oxygen atoms in total. The molecule has 0 aliphatic carbocycles. The van der Waals surface area contributed by atoms with E-state index in [0.717, 1.165) is 11.3 Å². The Bertz CT molecular complexity index is 720. The van der Waals surface area contributed by atoms with E-state index in [9.17, 15) is 9.59 Å². The van der Waals surface area contributed by atoms with Gasteiger partial charge < -0.3 is 4.57 Å². The molecule has 0 saturated carbocycles. The number of hydrogen-bond acceptors (Lipinski definition) is 2. The highest BCUT2D eigenvalue weighted by Gasteiger charge is 2.11. The van der Waals surface area contributed by atoms with Crippen LogP contribution in [-0.4, -0.2) is 9.81 Å². The van der Waals surface area contributed by atoms with Gasteiger partial charge in [0.25, 0.3) is 5.24 Å². The number of aryl methyl sites for hydroxylation is 2. The van der Waals surface area contributed by atoms with E-state index in [1.54, 1.807) is 17.6 Å². The molecule has 0 spiro atoms. The normalized spacial score (nSPS) is 10.5. The van der Waals surface area contributed by atoms with E-state index in [2.05, 4.69) is 0 Å². The highest BCUT2D eigenvalue weighted by Crippen LogP contribution is 2.20. The second kappa shape index (κ2) is 5.19. The van der Waals surface area contributed by atoms with E-state index < -0.39 is 5.24 Å². The summed E-state index contributed by atoms with van der Waals surface area (Å²) in [5, 5.41) is -0.147. The molecular formula is C14H11Cl2NO2. The first-order valence-electron chi connectivity index (χ1n) is 5.60. The minimum Gasteiger partial charge on any atom is -0.320 e. The van der Waals surface area contributed by atoms with Gasteiger partial charge in [-0.25, -0.2) is 0 Å². The first-order valence-corrected chi connectivity index (χ1v) is 6.35. The summed E-state index contributed by atoms with van der Waals surface area (Å²) < 4.78 is 1.71. The SMILES string of the molecule is Cc1ccc(-n2cc(C(=O)Cl)c(=O)cc2C)cc1Cl. The van der Waals surface area contributed by atoms with Gasteiger partial charge in [0.1, 0.15) is 0 Å². The van der Waals surface area contributed by atoms with Gasteiger partial charge in [0.05, 0.1) is 5.56 Å². The van der Waals surface area contributed by atoms with E-state index in [1.807, 2.05) is 19.1 Å². The number of hydrogen-bond donors (Lipinski definition) is 0. The number of aromatic nitrogens is 1. The Morgan fingerprint density at radius 2 is 1.89 bits per heavy atom. The van der Waals surface area contributed by atoms with Crippen molar-refractivity contribution in [2.75, 3.05) is 0 Å². The lowest BCUT2D eigenvalue weighted by molar-refractivity contribution is 0.108. The number of carbonyl (C=O) groups is 1. The van der Waals surface area contributed by atoms with Gasteiger partial charge in [-0.05, 0) is 43.1 Å². The Balaban J connectivity index is 2.68. The average molecular weight is 296 g/mol. The highest BCUT2D eigenvalue weighted by molar-refractivity contribution is 6.67. The minimum absolute atomic E-state index is 0.0519. The van der Waals surface area contributed by atoms with Gasteiger partial charge in [-0.3, -0.25) is 9.59 Å². The summed E-state index contributed by atoms with van der Waals surface area (Å²) in [5.41, 5.74) is 1.99. The molecule has 5 heteroatoms. The number of pyridine rings is 1. The summed E-state index contributed by atoms with van der Waals surface area (Å²) in [6, 6.07) is 6.89. The summed E-state index contributed by atoms with van der Waals surface area (Å²) in [5.74, 6) is 0. The molecule has 0 N–H and O–H groups in total. The van der Waals surface area contributed by atoms with Gasteiger partial charge in [-0.1, -0.05) is 17.7 Å². The molecule has 2 rings (SSSR count). The third-order valence-corrected chi connectivity index (χ3v) is 3.50. The van der Waals surface area contributed by atoms with Crippen molar-refractivity contribution in [1.82, 2.24) is 4.57 Å². The minimum atomic E-state index is -0.767. The first-order chi connectivity index (χ1) is 8.90. The van der Waals surface area contributed by atoms with Gasteiger partial charge in [-0.2, -0.15) is 0 Å². The summed E-state index contributed by atoms with van der Waals surface area (Å²) in [7, 11) is 0. The van der Waals surface area contributed by atoms with Crippen LogP contribution in [0.2, 0.25) is 5.02 Å². The first kappa shape index (κ1) is 13.8. The van der Waals surface area contributed by atoms with Gasteiger partial charge in [0.2, 0.25) is 0 Å². The largest absolute Gasteiger partial charge is 0.320 e. The predicted molar refractivity (Wildman–Crippen MR) is 76.7 cm³/mol. The molecule has 0 bridgehead atoms. The van der Waals surface area contributed by atoms with E-state index >= 15 is 0 Å². The zero-order valence-corrected chi connectivity index (χ0v) is 11.9. The zero-order valence-electron chi connectivity index (χ0n) is 10.4. The number of benzene rings is 1. The van der Waals surface area contributed by atoms with Crippen LogP contribution in [0.25, 0.3) is 5.69 Å². The Morgan fingerprint density at radius 3 is 2.47 bits per heavy atom. The Kier molecular flexibility index (Phi) is 3.78. The van der Waals surface area contributed by atoms with Crippen LogP contribution in [0.1, 0.15) is 21.6 Å². The van der Waals surface area contributed by atoms with Crippen LogP contribution in [0, 0.1) is 13.8 Å². The molecule has 0 saturated heterocycles. The third-order valence-electron chi connectivity index (χ3n) is 2.89. The number of rotatable bonds is 2. The second-order valence-electron chi connectivity index (χ2n) is 4.27. The van der Waals surface area contributed by atoms with Gasteiger partial charge in [-0.15, -0.1) is 0 Å². The maximum absolute atomic E-state index is 11.6. The molecular weight excluding hydrogens is 285 g/mol. The van der Waals surface area contributed by atoms with Crippen molar-refractivity contribution in [3.8, 4) is 5.69 Å². The molecule has 0 amide bonds. The molecule has 1 aromatic heterocycles. The van der Waals surface area contributed by atoms with E-state index in [0.29, 0.717) is 10.7 Å². The molecule has 0 aliphatic heterocycles. The van der Waals surface area contributed by atoms with Crippen molar-refractivity contribution < 1.29 is 4.79 Å². The van der Waals surface area contributed by atoms with Crippen molar-refractivity contribution in [2.24, 2.45) is 0 Å². The third kappa shape index (κ3) is 2.72. The monoisotopic (exact) mass is 295 g/mol. The van der Waals surface area contributed by atoms with E-state index in [1.165, 1.54) is 12.3 Å². The molecule has 1 aromatic carbocycles. The quantitative estimate of drug-likeness (QED) is 0.796. The maximum atomic E-state index is 11.6. The lowest BCUT2D eigenvalue weighted by atomic mass is 10.2.